The summed E-state index contributed by atoms with van der Waals surface area (Å²) in [4.78, 5) is 1.19. The number of hydrogen-bond donors (Lipinski definition) is 3. The maximum Gasteiger partial charge on any atom is 0.410 e. The molecule has 4 nitrogen and oxygen atoms in total. The fourth-order valence-corrected chi connectivity index (χ4v) is 2.71. The van der Waals surface area contributed by atoms with E-state index >= 15 is 0 Å². The largest absolute Gasteiger partial charge is 0.410 e. The number of nitrogens with two attached hydrogens (primary N) is 1. The molecule has 136 valence electrons. The predicted octanol–water partition coefficient (Wildman–Crippen LogP) is 3.30. The molecule has 8 heteroatoms. The number of nitrogens with zero attached hydrogens (tertiary/aromatic N) is 1. The monoisotopic (exact) mass is 370 g/mol. The van der Waals surface area contributed by atoms with Gasteiger partial charge in [0, 0.05) is 17.9 Å². The summed E-state index contributed by atoms with van der Waals surface area (Å²) in [5.74, 6) is 0. The number of thiocarbonyl (C=S) groups is 1. The van der Waals surface area contributed by atoms with Crippen molar-refractivity contribution in [3.8, 4) is 0 Å². The van der Waals surface area contributed by atoms with E-state index in [1.807, 2.05) is 0 Å². The average Bonchev–Trinajstić information content (AvgIpc) is 2.54. The third-order valence-electron chi connectivity index (χ3n) is 4.16. The van der Waals surface area contributed by atoms with Gasteiger partial charge >= 0.3 is 6.18 Å². The van der Waals surface area contributed by atoms with Crippen molar-refractivity contribution in [3.63, 3.8) is 0 Å². The van der Waals surface area contributed by atoms with Gasteiger partial charge in [0.15, 0.2) is 5.11 Å². The van der Waals surface area contributed by atoms with Crippen LogP contribution in [0.3, 0.4) is 0 Å². The summed E-state index contributed by atoms with van der Waals surface area (Å²) < 4.78 is 40.1. The summed E-state index contributed by atoms with van der Waals surface area (Å²) in [5, 5.41) is 6.37. The Hall–Kier alpha value is -2.06. The van der Waals surface area contributed by atoms with Gasteiger partial charge in [-0.15, -0.1) is 0 Å². The number of rotatable bonds is 4. The van der Waals surface area contributed by atoms with Gasteiger partial charge in [0.05, 0.1) is 0 Å². The van der Waals surface area contributed by atoms with Crippen LogP contribution in [0.1, 0.15) is 6.42 Å². The number of benzene rings is 1. The van der Waals surface area contributed by atoms with Crippen molar-refractivity contribution in [2.75, 3.05) is 31.7 Å². The molecule has 0 saturated heterocycles. The zero-order valence-electron chi connectivity index (χ0n) is 14.0. The third-order valence-corrected chi connectivity index (χ3v) is 4.41. The highest BCUT2D eigenvalue weighted by molar-refractivity contribution is 7.80. The second-order valence-electron chi connectivity index (χ2n) is 6.06. The summed E-state index contributed by atoms with van der Waals surface area (Å²) in [5.41, 5.74) is 5.84. The smallest absolute Gasteiger partial charge is 0.399 e. The van der Waals surface area contributed by atoms with Crippen molar-refractivity contribution in [3.05, 3.63) is 48.1 Å². The Morgan fingerprint density at radius 1 is 1.28 bits per heavy atom. The van der Waals surface area contributed by atoms with Crippen LogP contribution in [0.25, 0.3) is 0 Å². The van der Waals surface area contributed by atoms with Gasteiger partial charge < -0.3 is 16.4 Å². The van der Waals surface area contributed by atoms with Gasteiger partial charge in [-0.3, -0.25) is 4.90 Å². The molecule has 1 aliphatic rings. The quantitative estimate of drug-likeness (QED) is 0.561. The van der Waals surface area contributed by atoms with Crippen molar-refractivity contribution < 1.29 is 13.2 Å². The van der Waals surface area contributed by atoms with Crippen LogP contribution in [-0.4, -0.2) is 42.4 Å². The molecule has 25 heavy (non-hydrogen) atoms. The number of alkyl halides is 3. The molecule has 0 radical (unpaired) electrons. The molecule has 0 saturated carbocycles. The summed E-state index contributed by atoms with van der Waals surface area (Å²) in [6.07, 6.45) is -0.174. The first-order chi connectivity index (χ1) is 11.6. The van der Waals surface area contributed by atoms with Crippen LogP contribution >= 0.6 is 12.2 Å². The highest BCUT2D eigenvalue weighted by atomic mass is 32.1. The van der Waals surface area contributed by atoms with Crippen LogP contribution in [0.2, 0.25) is 0 Å². The molecule has 1 aromatic carbocycles. The first kappa shape index (κ1) is 19.3. The van der Waals surface area contributed by atoms with Crippen LogP contribution in [0.5, 0.6) is 0 Å². The van der Waals surface area contributed by atoms with Gasteiger partial charge in [0.25, 0.3) is 0 Å². The summed E-state index contributed by atoms with van der Waals surface area (Å²) in [6.45, 7) is 0.346. The topological polar surface area (TPSA) is 53.3 Å². The molecule has 0 heterocycles. The number of anilines is 2. The minimum Gasteiger partial charge on any atom is -0.399 e. The van der Waals surface area contributed by atoms with Crippen molar-refractivity contribution in [2.45, 2.75) is 18.1 Å². The molecule has 1 aliphatic carbocycles. The number of halogens is 3. The van der Waals surface area contributed by atoms with Crippen LogP contribution in [-0.2, 0) is 0 Å². The third kappa shape index (κ3) is 4.52. The van der Waals surface area contributed by atoms with Crippen LogP contribution in [0.15, 0.2) is 48.1 Å². The fourth-order valence-electron chi connectivity index (χ4n) is 2.52. The normalized spacial score (nSPS) is 20.3. The number of nitrogens with one attached hydrogen (secondary N) is 2. The van der Waals surface area contributed by atoms with E-state index in [4.69, 9.17) is 18.0 Å². The molecule has 1 aromatic rings. The van der Waals surface area contributed by atoms with Gasteiger partial charge in [-0.25, -0.2) is 0 Å². The molecule has 0 amide bonds. The molecular formula is C17H21F3N4S. The number of nitrogen functional groups attached to an aromatic ring is 1. The van der Waals surface area contributed by atoms with E-state index in [1.54, 1.807) is 30.3 Å². The zero-order valence-corrected chi connectivity index (χ0v) is 14.8. The second-order valence-corrected chi connectivity index (χ2v) is 6.47. The van der Waals surface area contributed by atoms with Crippen molar-refractivity contribution in [1.29, 1.82) is 0 Å². The van der Waals surface area contributed by atoms with Crippen LogP contribution < -0.4 is 16.4 Å². The Kier molecular flexibility index (Phi) is 5.74. The maximum absolute atomic E-state index is 13.4. The lowest BCUT2D eigenvalue weighted by atomic mass is 9.86. The first-order valence-electron chi connectivity index (χ1n) is 7.67. The van der Waals surface area contributed by atoms with Crippen molar-refractivity contribution in [1.82, 2.24) is 10.2 Å². The number of hydrogen-bond acceptors (Lipinski definition) is 3. The lowest BCUT2D eigenvalue weighted by molar-refractivity contribution is -0.206. The molecule has 1 unspecified atom stereocenters. The Bertz CT molecular complexity index is 680. The van der Waals surface area contributed by atoms with E-state index in [0.29, 0.717) is 17.3 Å². The van der Waals surface area contributed by atoms with Crippen LogP contribution in [0.4, 0.5) is 24.5 Å². The minimum absolute atomic E-state index is 0.130. The minimum atomic E-state index is -4.34. The molecular weight excluding hydrogens is 349 g/mol. The van der Waals surface area contributed by atoms with Gasteiger partial charge in [-0.1, -0.05) is 18.2 Å². The lowest BCUT2D eigenvalue weighted by Crippen LogP contribution is -2.54. The highest BCUT2D eigenvalue weighted by Gasteiger charge is 2.54. The van der Waals surface area contributed by atoms with Gasteiger partial charge in [-0.2, -0.15) is 13.2 Å². The predicted molar refractivity (Wildman–Crippen MR) is 99.4 cm³/mol. The van der Waals surface area contributed by atoms with Gasteiger partial charge in [0.2, 0.25) is 0 Å². The second kappa shape index (κ2) is 7.45. The van der Waals surface area contributed by atoms with Gasteiger partial charge in [0.1, 0.15) is 5.54 Å². The average molecular weight is 370 g/mol. The SMILES string of the molecule is CN(C)C1(C(F)(F)F)C=CC(CNC(=S)Nc2ccc(N)cc2)=CC1. The van der Waals surface area contributed by atoms with E-state index in [0.717, 1.165) is 11.3 Å². The summed E-state index contributed by atoms with van der Waals surface area (Å²) in [7, 11) is 2.86. The van der Waals surface area contributed by atoms with E-state index < -0.39 is 11.7 Å². The lowest BCUT2D eigenvalue weighted by Gasteiger charge is -2.40. The number of likely N-dealkylation sites (N-methyl/N-ethyl adjacent to an activating group) is 1. The molecule has 0 fully saturated rings. The molecule has 0 spiro atoms. The fraction of sp³-hybridized carbons (Fsp3) is 0.353. The van der Waals surface area contributed by atoms with Crippen LogP contribution in [0, 0.1) is 0 Å². The Balaban J connectivity index is 1.91. The molecule has 2 rings (SSSR count). The maximum atomic E-state index is 13.4. The molecule has 4 N–H and O–H groups in total. The van der Waals surface area contributed by atoms with Crippen molar-refractivity contribution in [2.24, 2.45) is 0 Å². The molecule has 0 bridgehead atoms. The summed E-state index contributed by atoms with van der Waals surface area (Å²) in [6, 6.07) is 7.07. The Morgan fingerprint density at radius 2 is 1.92 bits per heavy atom. The standard InChI is InChI=1S/C17H21F3N4S/c1-24(2)16(17(18,19)20)9-7-12(8-10-16)11-22-15(25)23-14-5-3-13(21)4-6-14/h3-9H,10-11,21H2,1-2H3,(H2,22,23,25). The van der Waals surface area contributed by atoms with E-state index in [9.17, 15) is 13.2 Å². The molecule has 0 aromatic heterocycles. The first-order valence-corrected chi connectivity index (χ1v) is 8.08. The summed E-state index contributed by atoms with van der Waals surface area (Å²) >= 11 is 5.19. The van der Waals surface area contributed by atoms with E-state index in [-0.39, 0.29) is 6.42 Å². The van der Waals surface area contributed by atoms with E-state index in [2.05, 4.69) is 10.6 Å². The Morgan fingerprint density at radius 3 is 2.40 bits per heavy atom. The Labute approximate surface area is 150 Å². The zero-order chi connectivity index (χ0) is 18.7. The van der Waals surface area contributed by atoms with Crippen molar-refractivity contribution >= 4 is 28.7 Å². The highest BCUT2D eigenvalue weighted by Crippen LogP contribution is 2.40. The molecule has 0 aliphatic heterocycles. The molecule has 1 atom stereocenters. The van der Waals surface area contributed by atoms with E-state index in [1.165, 1.54) is 31.1 Å². The van der Waals surface area contributed by atoms with Gasteiger partial charge in [-0.05, 0) is 62.6 Å².